The van der Waals surface area contributed by atoms with Crippen molar-refractivity contribution in [3.8, 4) is 0 Å². The van der Waals surface area contributed by atoms with Crippen LogP contribution in [0.3, 0.4) is 0 Å². The van der Waals surface area contributed by atoms with E-state index in [1.54, 1.807) is 20.8 Å². The summed E-state index contributed by atoms with van der Waals surface area (Å²) in [7, 11) is 0. The predicted octanol–water partition coefficient (Wildman–Crippen LogP) is 3.45. The van der Waals surface area contributed by atoms with E-state index >= 15 is 0 Å². The Morgan fingerprint density at radius 2 is 1.61 bits per heavy atom. The molecule has 0 unspecified atom stereocenters. The quantitative estimate of drug-likeness (QED) is 0.615. The minimum Gasteiger partial charge on any atom is -0.456 e. The Labute approximate surface area is 106 Å². The smallest absolute Gasteiger partial charge is 0.455 e. The lowest BCUT2D eigenvalue weighted by Gasteiger charge is -2.18. The van der Waals surface area contributed by atoms with E-state index < -0.39 is 28.4 Å². The van der Waals surface area contributed by atoms with Crippen LogP contribution in [0, 0.1) is 0 Å². The molecule has 0 aliphatic heterocycles. The van der Waals surface area contributed by atoms with E-state index in [4.69, 9.17) is 4.74 Å². The van der Waals surface area contributed by atoms with Gasteiger partial charge in [-0.15, -0.1) is 11.3 Å². The fourth-order valence-electron chi connectivity index (χ4n) is 1.04. The molecule has 3 nitrogen and oxygen atoms in total. The molecule has 0 radical (unpaired) electrons. The number of esters is 1. The van der Waals surface area contributed by atoms with E-state index in [9.17, 15) is 22.8 Å². The van der Waals surface area contributed by atoms with E-state index in [2.05, 4.69) is 0 Å². The Balaban J connectivity index is 2.88. The predicted molar refractivity (Wildman–Crippen MR) is 59.9 cm³/mol. The van der Waals surface area contributed by atoms with E-state index in [0.29, 0.717) is 11.3 Å². The Bertz CT molecular complexity index is 469. The van der Waals surface area contributed by atoms with Gasteiger partial charge in [0.15, 0.2) is 0 Å². The first-order chi connectivity index (χ1) is 8.00. The molecule has 1 rings (SSSR count). The number of thiophene rings is 1. The van der Waals surface area contributed by atoms with Crippen LogP contribution >= 0.6 is 11.3 Å². The van der Waals surface area contributed by atoms with Crippen LogP contribution in [-0.4, -0.2) is 23.5 Å². The van der Waals surface area contributed by atoms with Gasteiger partial charge in [-0.05, 0) is 32.9 Å². The van der Waals surface area contributed by atoms with Gasteiger partial charge in [-0.25, -0.2) is 4.79 Å². The highest BCUT2D eigenvalue weighted by Crippen LogP contribution is 2.27. The van der Waals surface area contributed by atoms with Gasteiger partial charge in [-0.1, -0.05) is 0 Å². The fraction of sp³-hybridized carbons (Fsp3) is 0.455. The van der Waals surface area contributed by atoms with Gasteiger partial charge in [0.2, 0.25) is 0 Å². The maximum atomic E-state index is 12.2. The average molecular weight is 280 g/mol. The van der Waals surface area contributed by atoms with Gasteiger partial charge in [-0.3, -0.25) is 4.79 Å². The highest BCUT2D eigenvalue weighted by Gasteiger charge is 2.40. The van der Waals surface area contributed by atoms with Crippen molar-refractivity contribution in [1.29, 1.82) is 0 Å². The molecule has 0 spiro atoms. The molecular formula is C11H11F3O3S. The number of hydrogen-bond acceptors (Lipinski definition) is 4. The van der Waals surface area contributed by atoms with Gasteiger partial charge in [-0.2, -0.15) is 13.2 Å². The van der Waals surface area contributed by atoms with E-state index in [1.165, 1.54) is 0 Å². The van der Waals surface area contributed by atoms with E-state index in [-0.39, 0.29) is 4.88 Å². The Kier molecular flexibility index (Phi) is 3.85. The minimum atomic E-state index is -4.93. The van der Waals surface area contributed by atoms with Gasteiger partial charge in [0, 0.05) is 0 Å². The lowest BCUT2D eigenvalue weighted by molar-refractivity contribution is -0.0882. The second kappa shape index (κ2) is 4.72. The van der Waals surface area contributed by atoms with Gasteiger partial charge in [0.25, 0.3) is 5.78 Å². The van der Waals surface area contributed by atoms with Crippen LogP contribution in [0.2, 0.25) is 0 Å². The molecule has 0 bridgehead atoms. The summed E-state index contributed by atoms with van der Waals surface area (Å²) in [5.41, 5.74) is -0.741. The second-order valence-corrected chi connectivity index (χ2v) is 5.58. The van der Waals surface area contributed by atoms with Crippen LogP contribution < -0.4 is 0 Å². The number of carbonyl (C=O) groups is 2. The van der Waals surface area contributed by atoms with Crippen LogP contribution in [0.5, 0.6) is 0 Å². The molecule has 0 atom stereocenters. The zero-order chi connectivity index (χ0) is 14.1. The highest BCUT2D eigenvalue weighted by atomic mass is 32.1. The molecule has 100 valence electrons. The Morgan fingerprint density at radius 1 is 1.11 bits per heavy atom. The molecule has 1 aromatic heterocycles. The average Bonchev–Trinajstić information content (AvgIpc) is 2.60. The van der Waals surface area contributed by atoms with Crippen LogP contribution in [0.25, 0.3) is 0 Å². The zero-order valence-corrected chi connectivity index (χ0v) is 10.7. The third kappa shape index (κ3) is 3.83. The summed E-state index contributed by atoms with van der Waals surface area (Å²) >= 11 is 0.473. The summed E-state index contributed by atoms with van der Waals surface area (Å²) in [5, 5.41) is 0. The standard InChI is InChI=1S/C11H11F3O3S/c1-10(2,3)17-9(16)7-5-4-6(18-7)8(15)11(12,13)14/h4-5H,1-3H3. The molecule has 0 N–H and O–H groups in total. The lowest BCUT2D eigenvalue weighted by atomic mass is 10.2. The largest absolute Gasteiger partial charge is 0.456 e. The minimum absolute atomic E-state index is 0.0301. The molecule has 1 heterocycles. The number of ketones is 1. The number of ether oxygens (including phenoxy) is 1. The van der Waals surface area contributed by atoms with Crippen molar-refractivity contribution in [3.05, 3.63) is 21.9 Å². The molecule has 0 fully saturated rings. The highest BCUT2D eigenvalue weighted by molar-refractivity contribution is 7.16. The maximum absolute atomic E-state index is 12.2. The molecule has 0 aliphatic rings. The fourth-order valence-corrected chi connectivity index (χ4v) is 1.88. The zero-order valence-electron chi connectivity index (χ0n) is 9.92. The molecule has 0 aliphatic carbocycles. The number of rotatable bonds is 2. The first-order valence-electron chi connectivity index (χ1n) is 4.95. The van der Waals surface area contributed by atoms with Gasteiger partial charge >= 0.3 is 12.1 Å². The van der Waals surface area contributed by atoms with E-state index in [0.717, 1.165) is 12.1 Å². The van der Waals surface area contributed by atoms with Crippen molar-refractivity contribution < 1.29 is 27.5 Å². The molecule has 18 heavy (non-hydrogen) atoms. The summed E-state index contributed by atoms with van der Waals surface area (Å²) in [6.45, 7) is 4.92. The summed E-state index contributed by atoms with van der Waals surface area (Å²) in [6, 6.07) is 2.12. The first-order valence-corrected chi connectivity index (χ1v) is 5.77. The molecular weight excluding hydrogens is 269 g/mol. The number of Topliss-reactive ketones (excluding diaryl/α,β-unsaturated/α-hetero) is 1. The molecule has 0 amide bonds. The summed E-state index contributed by atoms with van der Waals surface area (Å²) in [6.07, 6.45) is -4.93. The molecule has 0 saturated heterocycles. The third-order valence-electron chi connectivity index (χ3n) is 1.69. The SMILES string of the molecule is CC(C)(C)OC(=O)c1ccc(C(=O)C(F)(F)F)s1. The van der Waals surface area contributed by atoms with Gasteiger partial charge in [0.05, 0.1) is 4.88 Å². The number of carbonyl (C=O) groups excluding carboxylic acids is 2. The van der Waals surface area contributed by atoms with Crippen molar-refractivity contribution in [2.24, 2.45) is 0 Å². The normalized spacial score (nSPS) is 12.3. The molecule has 0 saturated carbocycles. The topological polar surface area (TPSA) is 43.4 Å². The Morgan fingerprint density at radius 3 is 2.06 bits per heavy atom. The van der Waals surface area contributed by atoms with E-state index in [1.807, 2.05) is 0 Å². The summed E-state index contributed by atoms with van der Waals surface area (Å²) in [5.74, 6) is -2.70. The van der Waals surface area contributed by atoms with Gasteiger partial charge < -0.3 is 4.74 Å². The number of hydrogen-bond donors (Lipinski definition) is 0. The monoisotopic (exact) mass is 280 g/mol. The number of halogens is 3. The van der Waals surface area contributed by atoms with Crippen molar-refractivity contribution in [1.82, 2.24) is 0 Å². The Hall–Kier alpha value is -1.37. The van der Waals surface area contributed by atoms with Gasteiger partial charge in [0.1, 0.15) is 10.5 Å². The van der Waals surface area contributed by atoms with Crippen LogP contribution in [0.4, 0.5) is 13.2 Å². The molecule has 7 heteroatoms. The van der Waals surface area contributed by atoms with Crippen molar-refractivity contribution in [3.63, 3.8) is 0 Å². The second-order valence-electron chi connectivity index (χ2n) is 4.49. The van der Waals surface area contributed by atoms with Crippen LogP contribution in [0.15, 0.2) is 12.1 Å². The molecule has 1 aromatic rings. The first kappa shape index (κ1) is 14.7. The van der Waals surface area contributed by atoms with Crippen molar-refractivity contribution in [2.75, 3.05) is 0 Å². The molecule has 0 aromatic carbocycles. The number of alkyl halides is 3. The summed E-state index contributed by atoms with van der Waals surface area (Å²) < 4.78 is 41.5. The lowest BCUT2D eigenvalue weighted by Crippen LogP contribution is -2.23. The van der Waals surface area contributed by atoms with Crippen LogP contribution in [-0.2, 0) is 4.74 Å². The van der Waals surface area contributed by atoms with Crippen molar-refractivity contribution in [2.45, 2.75) is 32.5 Å². The third-order valence-corrected chi connectivity index (χ3v) is 2.75. The van der Waals surface area contributed by atoms with Crippen molar-refractivity contribution >= 4 is 23.1 Å². The van der Waals surface area contributed by atoms with Crippen LogP contribution in [0.1, 0.15) is 40.1 Å². The summed E-state index contributed by atoms with van der Waals surface area (Å²) in [4.78, 5) is 21.9. The maximum Gasteiger partial charge on any atom is 0.455 e.